The lowest BCUT2D eigenvalue weighted by molar-refractivity contribution is 0.471. The SMILES string of the molecule is CCC(C)n1ccc(Cn2cnc3c(c2=O)CCNC3)n1. The van der Waals surface area contributed by atoms with Gasteiger partial charge < -0.3 is 5.32 Å². The van der Waals surface area contributed by atoms with E-state index in [2.05, 4.69) is 29.2 Å². The third-order valence-corrected chi connectivity index (χ3v) is 4.10. The molecule has 6 heteroatoms. The van der Waals surface area contributed by atoms with Crippen LogP contribution < -0.4 is 10.9 Å². The molecule has 0 fully saturated rings. The summed E-state index contributed by atoms with van der Waals surface area (Å²) in [6, 6.07) is 2.35. The van der Waals surface area contributed by atoms with E-state index < -0.39 is 0 Å². The average molecular weight is 287 g/mol. The number of rotatable bonds is 4. The molecular weight excluding hydrogens is 266 g/mol. The monoisotopic (exact) mass is 287 g/mol. The van der Waals surface area contributed by atoms with Crippen molar-refractivity contribution in [1.82, 2.24) is 24.6 Å². The first-order valence-electron chi connectivity index (χ1n) is 7.51. The molecule has 0 aromatic carbocycles. The van der Waals surface area contributed by atoms with Crippen molar-refractivity contribution in [2.45, 2.75) is 45.8 Å². The predicted molar refractivity (Wildman–Crippen MR) is 80.2 cm³/mol. The quantitative estimate of drug-likeness (QED) is 0.914. The van der Waals surface area contributed by atoms with Gasteiger partial charge in [-0.15, -0.1) is 0 Å². The molecule has 2 aromatic rings. The van der Waals surface area contributed by atoms with Crippen LogP contribution in [0.3, 0.4) is 0 Å². The van der Waals surface area contributed by atoms with Crippen LogP contribution in [0, 0.1) is 0 Å². The fourth-order valence-electron chi connectivity index (χ4n) is 2.57. The lowest BCUT2D eigenvalue weighted by atomic mass is 10.1. The minimum absolute atomic E-state index is 0.0691. The first-order chi connectivity index (χ1) is 10.2. The lowest BCUT2D eigenvalue weighted by Crippen LogP contribution is -2.34. The van der Waals surface area contributed by atoms with Gasteiger partial charge in [0, 0.05) is 24.3 Å². The van der Waals surface area contributed by atoms with Gasteiger partial charge >= 0.3 is 0 Å². The molecule has 1 N–H and O–H groups in total. The standard InChI is InChI=1S/C15H21N5O/c1-3-11(2)20-7-5-12(18-20)9-19-10-17-14-8-16-6-4-13(14)15(19)21/h5,7,10-11,16H,3-4,6,8-9H2,1-2H3. The summed E-state index contributed by atoms with van der Waals surface area (Å²) in [7, 11) is 0. The molecule has 2 aromatic heterocycles. The molecule has 3 rings (SSSR count). The van der Waals surface area contributed by atoms with Crippen molar-refractivity contribution in [3.8, 4) is 0 Å². The summed E-state index contributed by atoms with van der Waals surface area (Å²) in [5.41, 5.74) is 2.69. The van der Waals surface area contributed by atoms with E-state index in [1.54, 1.807) is 10.9 Å². The summed E-state index contributed by atoms with van der Waals surface area (Å²) in [4.78, 5) is 16.9. The maximum absolute atomic E-state index is 12.5. The van der Waals surface area contributed by atoms with E-state index in [9.17, 15) is 4.79 Å². The molecular formula is C15H21N5O. The normalized spacial score (nSPS) is 15.7. The molecule has 6 nitrogen and oxygen atoms in total. The molecule has 1 unspecified atom stereocenters. The number of fused-ring (bicyclic) bond motifs is 1. The molecule has 3 heterocycles. The number of nitrogens with one attached hydrogen (secondary N) is 1. The Hall–Kier alpha value is -1.95. The first-order valence-corrected chi connectivity index (χ1v) is 7.51. The summed E-state index contributed by atoms with van der Waals surface area (Å²) in [6.45, 7) is 6.29. The van der Waals surface area contributed by atoms with Crippen molar-refractivity contribution in [2.75, 3.05) is 6.54 Å². The summed E-state index contributed by atoms with van der Waals surface area (Å²) < 4.78 is 3.61. The van der Waals surface area contributed by atoms with Crippen molar-refractivity contribution >= 4 is 0 Å². The van der Waals surface area contributed by atoms with Crippen LogP contribution in [0.5, 0.6) is 0 Å². The second-order valence-corrected chi connectivity index (χ2v) is 5.57. The smallest absolute Gasteiger partial charge is 0.257 e. The zero-order chi connectivity index (χ0) is 14.8. The van der Waals surface area contributed by atoms with Crippen molar-refractivity contribution in [3.63, 3.8) is 0 Å². The van der Waals surface area contributed by atoms with Crippen molar-refractivity contribution < 1.29 is 0 Å². The van der Waals surface area contributed by atoms with Crippen LogP contribution in [0.15, 0.2) is 23.4 Å². The van der Waals surface area contributed by atoms with Gasteiger partial charge in [0.2, 0.25) is 0 Å². The van der Waals surface area contributed by atoms with Crippen LogP contribution in [-0.2, 0) is 19.5 Å². The van der Waals surface area contributed by atoms with Gasteiger partial charge in [-0.05, 0) is 32.4 Å². The zero-order valence-electron chi connectivity index (χ0n) is 12.5. The second-order valence-electron chi connectivity index (χ2n) is 5.57. The van der Waals surface area contributed by atoms with Crippen molar-refractivity contribution in [1.29, 1.82) is 0 Å². The maximum Gasteiger partial charge on any atom is 0.257 e. The second kappa shape index (κ2) is 5.81. The Morgan fingerprint density at radius 1 is 1.48 bits per heavy atom. The van der Waals surface area contributed by atoms with Gasteiger partial charge in [-0.1, -0.05) is 6.92 Å². The van der Waals surface area contributed by atoms with Gasteiger partial charge in [0.1, 0.15) is 0 Å². The molecule has 0 saturated heterocycles. The van der Waals surface area contributed by atoms with Crippen LogP contribution in [0.2, 0.25) is 0 Å². The summed E-state index contributed by atoms with van der Waals surface area (Å²) in [5.74, 6) is 0. The van der Waals surface area contributed by atoms with Crippen LogP contribution in [-0.4, -0.2) is 25.9 Å². The molecule has 112 valence electrons. The number of aromatic nitrogens is 4. The Balaban J connectivity index is 1.85. The van der Waals surface area contributed by atoms with E-state index >= 15 is 0 Å². The Morgan fingerprint density at radius 2 is 2.33 bits per heavy atom. The fraction of sp³-hybridized carbons (Fsp3) is 0.533. The van der Waals surface area contributed by atoms with E-state index in [-0.39, 0.29) is 5.56 Å². The highest BCUT2D eigenvalue weighted by molar-refractivity contribution is 5.20. The van der Waals surface area contributed by atoms with Crippen LogP contribution in [0.1, 0.15) is 43.3 Å². The largest absolute Gasteiger partial charge is 0.311 e. The minimum Gasteiger partial charge on any atom is -0.311 e. The van der Waals surface area contributed by atoms with Gasteiger partial charge in [-0.3, -0.25) is 14.0 Å². The zero-order valence-corrected chi connectivity index (χ0v) is 12.5. The topological polar surface area (TPSA) is 64.7 Å². The summed E-state index contributed by atoms with van der Waals surface area (Å²) >= 11 is 0. The molecule has 0 radical (unpaired) electrons. The van der Waals surface area contributed by atoms with Crippen LogP contribution >= 0.6 is 0 Å². The molecule has 1 aliphatic heterocycles. The fourth-order valence-corrected chi connectivity index (χ4v) is 2.57. The van der Waals surface area contributed by atoms with E-state index in [4.69, 9.17) is 0 Å². The molecule has 0 spiro atoms. The summed E-state index contributed by atoms with van der Waals surface area (Å²) in [6.07, 6.45) is 5.40. The molecule has 0 bridgehead atoms. The van der Waals surface area contributed by atoms with Crippen molar-refractivity contribution in [3.05, 3.63) is 45.9 Å². The van der Waals surface area contributed by atoms with Gasteiger partial charge in [-0.25, -0.2) is 4.98 Å². The highest BCUT2D eigenvalue weighted by atomic mass is 16.1. The van der Waals surface area contributed by atoms with E-state index in [0.717, 1.165) is 36.3 Å². The van der Waals surface area contributed by atoms with Crippen molar-refractivity contribution in [2.24, 2.45) is 0 Å². The number of hydrogen-bond donors (Lipinski definition) is 1. The molecule has 0 saturated carbocycles. The number of hydrogen-bond acceptors (Lipinski definition) is 4. The van der Waals surface area contributed by atoms with Crippen LogP contribution in [0.25, 0.3) is 0 Å². The highest BCUT2D eigenvalue weighted by Crippen LogP contribution is 2.10. The Morgan fingerprint density at radius 3 is 3.14 bits per heavy atom. The average Bonchev–Trinajstić information content (AvgIpc) is 2.98. The molecule has 21 heavy (non-hydrogen) atoms. The third-order valence-electron chi connectivity index (χ3n) is 4.10. The Kier molecular flexibility index (Phi) is 3.88. The Bertz CT molecular complexity index is 688. The van der Waals surface area contributed by atoms with E-state index in [1.165, 1.54) is 0 Å². The summed E-state index contributed by atoms with van der Waals surface area (Å²) in [5, 5.41) is 7.78. The molecule has 1 aliphatic rings. The molecule has 0 amide bonds. The molecule has 1 atom stereocenters. The van der Waals surface area contributed by atoms with Crippen LogP contribution in [0.4, 0.5) is 0 Å². The van der Waals surface area contributed by atoms with E-state index in [0.29, 0.717) is 19.1 Å². The maximum atomic E-state index is 12.5. The highest BCUT2D eigenvalue weighted by Gasteiger charge is 2.15. The lowest BCUT2D eigenvalue weighted by Gasteiger charge is -2.16. The van der Waals surface area contributed by atoms with Gasteiger partial charge in [0.15, 0.2) is 0 Å². The first kappa shape index (κ1) is 14.0. The Labute approximate surface area is 123 Å². The van der Waals surface area contributed by atoms with Gasteiger partial charge in [0.25, 0.3) is 5.56 Å². The van der Waals surface area contributed by atoms with Gasteiger partial charge in [0.05, 0.1) is 24.3 Å². The molecule has 0 aliphatic carbocycles. The van der Waals surface area contributed by atoms with E-state index in [1.807, 2.05) is 16.9 Å². The predicted octanol–water partition coefficient (Wildman–Crippen LogP) is 1.10. The third kappa shape index (κ3) is 2.76. The minimum atomic E-state index is 0.0691. The number of nitrogens with zero attached hydrogens (tertiary/aromatic N) is 4. The van der Waals surface area contributed by atoms with Gasteiger partial charge in [-0.2, -0.15) is 5.10 Å².